The Bertz CT molecular complexity index is 338. The van der Waals surface area contributed by atoms with Crippen molar-refractivity contribution in [2.24, 2.45) is 5.92 Å². The van der Waals surface area contributed by atoms with Gasteiger partial charge in [0.05, 0.1) is 0 Å². The smallest absolute Gasteiger partial charge is 0.0428 e. The summed E-state index contributed by atoms with van der Waals surface area (Å²) in [6, 6.07) is 3.95. The first kappa shape index (κ1) is 11.9. The lowest BCUT2D eigenvalue weighted by Crippen LogP contribution is -2.24. The number of rotatable bonds is 4. The highest BCUT2D eigenvalue weighted by Gasteiger charge is 2.11. The van der Waals surface area contributed by atoms with Crippen molar-refractivity contribution in [3.8, 4) is 0 Å². The molecule has 1 rings (SSSR count). The van der Waals surface area contributed by atoms with Crippen LogP contribution in [0.5, 0.6) is 0 Å². The van der Waals surface area contributed by atoms with E-state index in [2.05, 4.69) is 17.2 Å². The van der Waals surface area contributed by atoms with Crippen LogP contribution in [0.2, 0.25) is 0 Å². The molecule has 1 atom stereocenters. The summed E-state index contributed by atoms with van der Waals surface area (Å²) in [5.41, 5.74) is 3.62. The summed E-state index contributed by atoms with van der Waals surface area (Å²) in [7, 11) is 1.91. The van der Waals surface area contributed by atoms with Gasteiger partial charge in [0.2, 0.25) is 0 Å². The SMILES string of the molecule is CNCC(C)C(=N)c1cc(C)nc(C)c1. The van der Waals surface area contributed by atoms with Crippen molar-refractivity contribution in [1.29, 1.82) is 5.41 Å². The lowest BCUT2D eigenvalue weighted by Gasteiger charge is -2.13. The Morgan fingerprint density at radius 1 is 1.40 bits per heavy atom. The Labute approximate surface area is 91.4 Å². The number of nitrogens with one attached hydrogen (secondary N) is 2. The van der Waals surface area contributed by atoms with Crippen LogP contribution in [0.4, 0.5) is 0 Å². The van der Waals surface area contributed by atoms with E-state index in [1.807, 2.05) is 33.0 Å². The van der Waals surface area contributed by atoms with Crippen molar-refractivity contribution in [2.75, 3.05) is 13.6 Å². The van der Waals surface area contributed by atoms with Gasteiger partial charge in [-0.2, -0.15) is 0 Å². The maximum absolute atomic E-state index is 8.06. The van der Waals surface area contributed by atoms with E-state index in [1.54, 1.807) is 0 Å². The van der Waals surface area contributed by atoms with Gasteiger partial charge in [0.15, 0.2) is 0 Å². The van der Waals surface area contributed by atoms with E-state index in [0.717, 1.165) is 23.5 Å². The zero-order valence-corrected chi connectivity index (χ0v) is 9.89. The van der Waals surface area contributed by atoms with Crippen molar-refractivity contribution in [2.45, 2.75) is 20.8 Å². The van der Waals surface area contributed by atoms with Gasteiger partial charge < -0.3 is 10.7 Å². The standard InChI is InChI=1S/C12H19N3/c1-8(7-14-4)12(13)11-5-9(2)15-10(3)6-11/h5-6,8,13-14H,7H2,1-4H3. The highest BCUT2D eigenvalue weighted by atomic mass is 14.8. The minimum atomic E-state index is 0.233. The zero-order valence-electron chi connectivity index (χ0n) is 9.89. The van der Waals surface area contributed by atoms with Gasteiger partial charge in [-0.25, -0.2) is 0 Å². The van der Waals surface area contributed by atoms with Crippen molar-refractivity contribution >= 4 is 5.71 Å². The van der Waals surface area contributed by atoms with Gasteiger partial charge in [0.25, 0.3) is 0 Å². The molecular weight excluding hydrogens is 186 g/mol. The van der Waals surface area contributed by atoms with Gasteiger partial charge >= 0.3 is 0 Å². The first-order valence-corrected chi connectivity index (χ1v) is 5.23. The van der Waals surface area contributed by atoms with Crippen LogP contribution < -0.4 is 5.32 Å². The molecule has 1 aromatic heterocycles. The van der Waals surface area contributed by atoms with Crippen molar-refractivity contribution in [3.05, 3.63) is 29.1 Å². The van der Waals surface area contributed by atoms with Gasteiger partial charge in [-0.3, -0.25) is 4.98 Å². The molecule has 3 nitrogen and oxygen atoms in total. The molecule has 2 N–H and O–H groups in total. The molecule has 0 amide bonds. The molecule has 0 radical (unpaired) electrons. The first-order chi connectivity index (χ1) is 7.04. The third kappa shape index (κ3) is 3.13. The Morgan fingerprint density at radius 2 is 1.93 bits per heavy atom. The average Bonchev–Trinajstić information content (AvgIpc) is 2.15. The number of pyridine rings is 1. The third-order valence-corrected chi connectivity index (χ3v) is 2.40. The molecule has 0 aliphatic carbocycles. The molecular formula is C12H19N3. The van der Waals surface area contributed by atoms with E-state index < -0.39 is 0 Å². The summed E-state index contributed by atoms with van der Waals surface area (Å²) >= 11 is 0. The fourth-order valence-corrected chi connectivity index (χ4v) is 1.68. The van der Waals surface area contributed by atoms with Gasteiger partial charge in [-0.15, -0.1) is 0 Å². The van der Waals surface area contributed by atoms with Gasteiger partial charge in [0, 0.05) is 29.6 Å². The summed E-state index contributed by atoms with van der Waals surface area (Å²) in [5, 5.41) is 11.2. The summed E-state index contributed by atoms with van der Waals surface area (Å²) in [6.45, 7) is 6.82. The summed E-state index contributed by atoms with van der Waals surface area (Å²) < 4.78 is 0. The topological polar surface area (TPSA) is 48.8 Å². The predicted molar refractivity (Wildman–Crippen MR) is 63.6 cm³/mol. The lowest BCUT2D eigenvalue weighted by molar-refractivity contribution is 0.677. The number of hydrogen-bond acceptors (Lipinski definition) is 3. The second-order valence-corrected chi connectivity index (χ2v) is 4.01. The number of aromatic nitrogens is 1. The second kappa shape index (κ2) is 5.03. The molecule has 0 saturated heterocycles. The maximum Gasteiger partial charge on any atom is 0.0428 e. The fourth-order valence-electron chi connectivity index (χ4n) is 1.68. The van der Waals surface area contributed by atoms with Crippen LogP contribution in [0.1, 0.15) is 23.9 Å². The largest absolute Gasteiger partial charge is 0.319 e. The molecule has 0 aliphatic heterocycles. The molecule has 3 heteroatoms. The van der Waals surface area contributed by atoms with Crippen molar-refractivity contribution in [3.63, 3.8) is 0 Å². The molecule has 82 valence electrons. The van der Waals surface area contributed by atoms with E-state index in [1.165, 1.54) is 0 Å². The Kier molecular flexibility index (Phi) is 3.97. The summed E-state index contributed by atoms with van der Waals surface area (Å²) in [4.78, 5) is 4.31. The van der Waals surface area contributed by atoms with Gasteiger partial charge in [-0.1, -0.05) is 6.92 Å². The Hall–Kier alpha value is -1.22. The molecule has 0 aromatic carbocycles. The summed E-state index contributed by atoms with van der Waals surface area (Å²) in [5.74, 6) is 0.233. The normalized spacial score (nSPS) is 12.5. The van der Waals surface area contributed by atoms with Crippen LogP contribution in [0, 0.1) is 25.2 Å². The highest BCUT2D eigenvalue weighted by Crippen LogP contribution is 2.10. The first-order valence-electron chi connectivity index (χ1n) is 5.23. The number of hydrogen-bond donors (Lipinski definition) is 2. The van der Waals surface area contributed by atoms with Crippen LogP contribution in [0.15, 0.2) is 12.1 Å². The van der Waals surface area contributed by atoms with E-state index in [4.69, 9.17) is 5.41 Å². The molecule has 0 spiro atoms. The lowest BCUT2D eigenvalue weighted by atomic mass is 9.98. The van der Waals surface area contributed by atoms with Crippen LogP contribution in [0.3, 0.4) is 0 Å². The monoisotopic (exact) mass is 205 g/mol. The Balaban J connectivity index is 2.90. The quantitative estimate of drug-likeness (QED) is 0.738. The molecule has 0 saturated carbocycles. The zero-order chi connectivity index (χ0) is 11.4. The van der Waals surface area contributed by atoms with Crippen LogP contribution in [-0.2, 0) is 0 Å². The van der Waals surface area contributed by atoms with Crippen LogP contribution in [-0.4, -0.2) is 24.3 Å². The van der Waals surface area contributed by atoms with Crippen molar-refractivity contribution < 1.29 is 0 Å². The fraction of sp³-hybridized carbons (Fsp3) is 0.500. The third-order valence-electron chi connectivity index (χ3n) is 2.40. The molecule has 0 fully saturated rings. The van der Waals surface area contributed by atoms with Gasteiger partial charge in [-0.05, 0) is 38.6 Å². The minimum absolute atomic E-state index is 0.233. The van der Waals surface area contributed by atoms with Crippen LogP contribution in [0.25, 0.3) is 0 Å². The minimum Gasteiger partial charge on any atom is -0.319 e. The van der Waals surface area contributed by atoms with Gasteiger partial charge in [0.1, 0.15) is 0 Å². The van der Waals surface area contributed by atoms with E-state index in [-0.39, 0.29) is 5.92 Å². The Morgan fingerprint density at radius 3 is 2.40 bits per heavy atom. The molecule has 0 bridgehead atoms. The average molecular weight is 205 g/mol. The van der Waals surface area contributed by atoms with E-state index >= 15 is 0 Å². The second-order valence-electron chi connectivity index (χ2n) is 4.01. The molecule has 1 heterocycles. The molecule has 1 unspecified atom stereocenters. The number of nitrogens with zero attached hydrogens (tertiary/aromatic N) is 1. The van der Waals surface area contributed by atoms with E-state index in [0.29, 0.717) is 5.71 Å². The molecule has 15 heavy (non-hydrogen) atoms. The molecule has 1 aromatic rings. The van der Waals surface area contributed by atoms with Crippen LogP contribution >= 0.6 is 0 Å². The summed E-state index contributed by atoms with van der Waals surface area (Å²) in [6.07, 6.45) is 0. The maximum atomic E-state index is 8.06. The van der Waals surface area contributed by atoms with Crippen molar-refractivity contribution in [1.82, 2.24) is 10.3 Å². The molecule has 0 aliphatic rings. The van der Waals surface area contributed by atoms with E-state index in [9.17, 15) is 0 Å². The highest BCUT2D eigenvalue weighted by molar-refractivity contribution is 6.00. The predicted octanol–water partition coefficient (Wildman–Crippen LogP) is 1.92. The number of aryl methyl sites for hydroxylation is 2.